The SMILES string of the molecule is COc1ccc(C(=O)Cc2ccncc2)c(C)c1. The van der Waals surface area contributed by atoms with Crippen LogP contribution < -0.4 is 4.74 Å². The van der Waals surface area contributed by atoms with E-state index in [1.54, 1.807) is 19.5 Å². The Morgan fingerprint density at radius 1 is 1.22 bits per heavy atom. The number of aryl methyl sites for hydroxylation is 1. The van der Waals surface area contributed by atoms with Gasteiger partial charge in [0.1, 0.15) is 5.75 Å². The van der Waals surface area contributed by atoms with Crippen LogP contribution in [0.5, 0.6) is 5.75 Å². The van der Waals surface area contributed by atoms with Gasteiger partial charge in [0, 0.05) is 24.4 Å². The Hall–Kier alpha value is -2.16. The highest BCUT2D eigenvalue weighted by Gasteiger charge is 2.10. The highest BCUT2D eigenvalue weighted by Crippen LogP contribution is 2.18. The minimum absolute atomic E-state index is 0.112. The Balaban J connectivity index is 2.19. The molecule has 0 spiro atoms. The van der Waals surface area contributed by atoms with Crippen molar-refractivity contribution in [3.8, 4) is 5.75 Å². The first-order valence-corrected chi connectivity index (χ1v) is 5.77. The molecule has 0 radical (unpaired) electrons. The molecule has 0 aliphatic rings. The van der Waals surface area contributed by atoms with Crippen molar-refractivity contribution in [1.29, 1.82) is 0 Å². The molecule has 18 heavy (non-hydrogen) atoms. The van der Waals surface area contributed by atoms with Gasteiger partial charge in [0.2, 0.25) is 0 Å². The van der Waals surface area contributed by atoms with Crippen LogP contribution in [-0.2, 0) is 6.42 Å². The number of rotatable bonds is 4. The minimum Gasteiger partial charge on any atom is -0.497 e. The number of nitrogens with zero attached hydrogens (tertiary/aromatic N) is 1. The number of aromatic nitrogens is 1. The number of hydrogen-bond acceptors (Lipinski definition) is 3. The molecule has 0 fully saturated rings. The van der Waals surface area contributed by atoms with E-state index >= 15 is 0 Å². The number of carbonyl (C=O) groups excluding carboxylic acids is 1. The van der Waals surface area contributed by atoms with Gasteiger partial charge in [-0.3, -0.25) is 9.78 Å². The maximum Gasteiger partial charge on any atom is 0.167 e. The zero-order chi connectivity index (χ0) is 13.0. The predicted molar refractivity (Wildman–Crippen MR) is 70.0 cm³/mol. The fourth-order valence-corrected chi connectivity index (χ4v) is 1.86. The second-order valence-corrected chi connectivity index (χ2v) is 4.14. The lowest BCUT2D eigenvalue weighted by Crippen LogP contribution is -2.05. The van der Waals surface area contributed by atoms with E-state index in [-0.39, 0.29) is 5.78 Å². The molecule has 0 unspecified atom stereocenters. The molecule has 0 aliphatic heterocycles. The molecule has 0 bridgehead atoms. The summed E-state index contributed by atoms with van der Waals surface area (Å²) < 4.78 is 5.13. The van der Waals surface area contributed by atoms with E-state index in [1.807, 2.05) is 37.3 Å². The van der Waals surface area contributed by atoms with Crippen molar-refractivity contribution in [2.24, 2.45) is 0 Å². The van der Waals surface area contributed by atoms with Crippen LogP contribution in [0.2, 0.25) is 0 Å². The van der Waals surface area contributed by atoms with Gasteiger partial charge in [0.15, 0.2) is 5.78 Å². The lowest BCUT2D eigenvalue weighted by Gasteiger charge is -2.07. The molecule has 0 amide bonds. The van der Waals surface area contributed by atoms with Crippen LogP contribution in [0.1, 0.15) is 21.5 Å². The van der Waals surface area contributed by atoms with Gasteiger partial charge in [-0.15, -0.1) is 0 Å². The molecule has 2 aromatic rings. The Morgan fingerprint density at radius 3 is 2.56 bits per heavy atom. The Labute approximate surface area is 106 Å². The summed E-state index contributed by atoms with van der Waals surface area (Å²) in [4.78, 5) is 16.1. The van der Waals surface area contributed by atoms with Crippen molar-refractivity contribution in [3.05, 3.63) is 59.4 Å². The molecule has 0 N–H and O–H groups in total. The van der Waals surface area contributed by atoms with Crippen LogP contribution in [0.25, 0.3) is 0 Å². The van der Waals surface area contributed by atoms with Crippen LogP contribution >= 0.6 is 0 Å². The van der Waals surface area contributed by atoms with Gasteiger partial charge in [-0.05, 0) is 48.4 Å². The van der Waals surface area contributed by atoms with Crippen molar-refractivity contribution in [1.82, 2.24) is 4.98 Å². The lowest BCUT2D eigenvalue weighted by molar-refractivity contribution is 0.0992. The second-order valence-electron chi connectivity index (χ2n) is 4.14. The third-order valence-corrected chi connectivity index (χ3v) is 2.85. The first kappa shape index (κ1) is 12.3. The van der Waals surface area contributed by atoms with E-state index in [0.29, 0.717) is 6.42 Å². The fraction of sp³-hybridized carbons (Fsp3) is 0.200. The standard InChI is InChI=1S/C15H15NO2/c1-11-9-13(18-2)3-4-14(11)15(17)10-12-5-7-16-8-6-12/h3-9H,10H2,1-2H3. The molecule has 3 nitrogen and oxygen atoms in total. The molecule has 1 aromatic heterocycles. The maximum absolute atomic E-state index is 12.2. The molecule has 0 saturated carbocycles. The summed E-state index contributed by atoms with van der Waals surface area (Å²) >= 11 is 0. The van der Waals surface area contributed by atoms with Crippen LogP contribution in [-0.4, -0.2) is 17.9 Å². The van der Waals surface area contributed by atoms with Crippen LogP contribution in [0.3, 0.4) is 0 Å². The molecule has 1 heterocycles. The normalized spacial score (nSPS) is 10.1. The predicted octanol–water partition coefficient (Wildman–Crippen LogP) is 2.82. The Kier molecular flexibility index (Phi) is 3.72. The highest BCUT2D eigenvalue weighted by molar-refractivity contribution is 5.98. The first-order valence-electron chi connectivity index (χ1n) is 5.77. The minimum atomic E-state index is 0.112. The third kappa shape index (κ3) is 2.74. The molecule has 3 heteroatoms. The summed E-state index contributed by atoms with van der Waals surface area (Å²) in [5.74, 6) is 0.884. The number of methoxy groups -OCH3 is 1. The van der Waals surface area contributed by atoms with E-state index in [4.69, 9.17) is 4.74 Å². The highest BCUT2D eigenvalue weighted by atomic mass is 16.5. The number of pyridine rings is 1. The largest absolute Gasteiger partial charge is 0.497 e. The summed E-state index contributed by atoms with van der Waals surface area (Å²) in [6, 6.07) is 9.22. The number of carbonyl (C=O) groups is 1. The van der Waals surface area contributed by atoms with Crippen LogP contribution in [0.4, 0.5) is 0 Å². The second kappa shape index (κ2) is 5.45. The van der Waals surface area contributed by atoms with Gasteiger partial charge in [0.05, 0.1) is 7.11 Å². The van der Waals surface area contributed by atoms with Crippen molar-refractivity contribution in [2.45, 2.75) is 13.3 Å². The van der Waals surface area contributed by atoms with Gasteiger partial charge in [-0.1, -0.05) is 0 Å². The average molecular weight is 241 g/mol. The molecule has 1 aromatic carbocycles. The molecule has 0 saturated heterocycles. The van der Waals surface area contributed by atoms with Gasteiger partial charge in [0.25, 0.3) is 0 Å². The van der Waals surface area contributed by atoms with Gasteiger partial charge in [-0.25, -0.2) is 0 Å². The lowest BCUT2D eigenvalue weighted by atomic mass is 9.99. The summed E-state index contributed by atoms with van der Waals surface area (Å²) in [5, 5.41) is 0. The zero-order valence-electron chi connectivity index (χ0n) is 10.5. The van der Waals surface area contributed by atoms with E-state index in [0.717, 1.165) is 22.4 Å². The quantitative estimate of drug-likeness (QED) is 0.773. The molecular formula is C15H15NO2. The monoisotopic (exact) mass is 241 g/mol. The Bertz CT molecular complexity index is 550. The average Bonchev–Trinajstić information content (AvgIpc) is 2.39. The first-order chi connectivity index (χ1) is 8.70. The van der Waals surface area contributed by atoms with E-state index in [1.165, 1.54) is 0 Å². The molecule has 92 valence electrons. The number of hydrogen-bond donors (Lipinski definition) is 0. The van der Waals surface area contributed by atoms with Gasteiger partial charge in [-0.2, -0.15) is 0 Å². The fourth-order valence-electron chi connectivity index (χ4n) is 1.86. The summed E-state index contributed by atoms with van der Waals surface area (Å²) in [7, 11) is 1.62. The molecule has 2 rings (SSSR count). The number of ether oxygens (including phenoxy) is 1. The number of ketones is 1. The van der Waals surface area contributed by atoms with E-state index in [2.05, 4.69) is 4.98 Å². The molecule has 0 atom stereocenters. The summed E-state index contributed by atoms with van der Waals surface area (Å²) in [6.07, 6.45) is 3.79. The number of Topliss-reactive ketones (excluding diaryl/α,β-unsaturated/α-hetero) is 1. The zero-order valence-corrected chi connectivity index (χ0v) is 10.5. The topological polar surface area (TPSA) is 39.2 Å². The van der Waals surface area contributed by atoms with Crippen molar-refractivity contribution < 1.29 is 9.53 Å². The van der Waals surface area contributed by atoms with Crippen molar-refractivity contribution in [2.75, 3.05) is 7.11 Å². The van der Waals surface area contributed by atoms with E-state index < -0.39 is 0 Å². The van der Waals surface area contributed by atoms with Gasteiger partial charge < -0.3 is 4.74 Å². The van der Waals surface area contributed by atoms with Gasteiger partial charge >= 0.3 is 0 Å². The summed E-state index contributed by atoms with van der Waals surface area (Å²) in [6.45, 7) is 1.92. The van der Waals surface area contributed by atoms with Crippen molar-refractivity contribution in [3.63, 3.8) is 0 Å². The van der Waals surface area contributed by atoms with Crippen LogP contribution in [0, 0.1) is 6.92 Å². The molecule has 0 aliphatic carbocycles. The van der Waals surface area contributed by atoms with Crippen molar-refractivity contribution >= 4 is 5.78 Å². The number of benzene rings is 1. The third-order valence-electron chi connectivity index (χ3n) is 2.85. The maximum atomic E-state index is 12.2. The van der Waals surface area contributed by atoms with Crippen LogP contribution in [0.15, 0.2) is 42.7 Å². The summed E-state index contributed by atoms with van der Waals surface area (Å²) in [5.41, 5.74) is 2.66. The smallest absolute Gasteiger partial charge is 0.167 e. The molecular weight excluding hydrogens is 226 g/mol. The van der Waals surface area contributed by atoms with E-state index in [9.17, 15) is 4.79 Å². The Morgan fingerprint density at radius 2 is 1.94 bits per heavy atom.